The highest BCUT2D eigenvalue weighted by Gasteiger charge is 2.19. The third kappa shape index (κ3) is 4.94. The van der Waals surface area contributed by atoms with Crippen LogP contribution in [0.3, 0.4) is 0 Å². The van der Waals surface area contributed by atoms with E-state index >= 15 is 0 Å². The number of hydrogen-bond donors (Lipinski definition) is 3. The van der Waals surface area contributed by atoms with Gasteiger partial charge in [0.15, 0.2) is 5.16 Å². The van der Waals surface area contributed by atoms with Crippen LogP contribution in [0.4, 0.5) is 5.69 Å². The predicted molar refractivity (Wildman–Crippen MR) is 94.9 cm³/mol. The topological polar surface area (TPSA) is 140 Å². The zero-order valence-electron chi connectivity index (χ0n) is 13.7. The number of primary sulfonamides is 1. The van der Waals surface area contributed by atoms with E-state index in [-0.39, 0.29) is 16.5 Å². The van der Waals surface area contributed by atoms with E-state index in [2.05, 4.69) is 15.5 Å². The molecule has 1 unspecified atom stereocenters. The minimum absolute atomic E-state index is 0.0342. The van der Waals surface area contributed by atoms with Crippen molar-refractivity contribution in [3.05, 3.63) is 34.7 Å². The Balaban J connectivity index is 2.04. The summed E-state index contributed by atoms with van der Waals surface area (Å²) in [7, 11) is -3.77. The standard InChI is InChI=1S/C14H19N5O4S2/c1-3-8-19-13(21)17-18-14(19)24-9(2)12(20)16-10-4-6-11(7-5-10)25(15,22)23/h4-7,9H,3,8H2,1-2H3,(H,16,20)(H,17,21)(H2,15,22,23). The number of nitrogens with two attached hydrogens (primary N) is 1. The maximum absolute atomic E-state index is 12.3. The summed E-state index contributed by atoms with van der Waals surface area (Å²) < 4.78 is 23.9. The third-order valence-electron chi connectivity index (χ3n) is 3.27. The van der Waals surface area contributed by atoms with Crippen molar-refractivity contribution in [2.24, 2.45) is 5.14 Å². The number of nitrogens with zero attached hydrogens (tertiary/aromatic N) is 2. The summed E-state index contributed by atoms with van der Waals surface area (Å²) in [5.74, 6) is -0.299. The minimum atomic E-state index is -3.77. The van der Waals surface area contributed by atoms with Crippen molar-refractivity contribution in [1.82, 2.24) is 14.8 Å². The highest BCUT2D eigenvalue weighted by molar-refractivity contribution is 8.00. The molecule has 9 nitrogen and oxygen atoms in total. The van der Waals surface area contributed by atoms with Gasteiger partial charge < -0.3 is 5.32 Å². The Morgan fingerprint density at radius 3 is 2.60 bits per heavy atom. The number of nitrogens with one attached hydrogen (secondary N) is 2. The van der Waals surface area contributed by atoms with Crippen LogP contribution in [-0.2, 0) is 21.4 Å². The number of thioether (sulfide) groups is 1. The van der Waals surface area contributed by atoms with E-state index in [0.29, 0.717) is 17.4 Å². The molecule has 1 aromatic heterocycles. The summed E-state index contributed by atoms with van der Waals surface area (Å²) in [4.78, 5) is 23.9. The van der Waals surface area contributed by atoms with Gasteiger partial charge in [0.25, 0.3) is 0 Å². The van der Waals surface area contributed by atoms with Crippen molar-refractivity contribution in [2.45, 2.75) is 42.1 Å². The van der Waals surface area contributed by atoms with Crippen LogP contribution < -0.4 is 16.1 Å². The van der Waals surface area contributed by atoms with Gasteiger partial charge in [0, 0.05) is 12.2 Å². The summed E-state index contributed by atoms with van der Waals surface area (Å²) in [6.07, 6.45) is 0.768. The summed E-state index contributed by atoms with van der Waals surface area (Å²) in [5.41, 5.74) is 0.133. The number of carbonyl (C=O) groups excluding carboxylic acids is 1. The van der Waals surface area contributed by atoms with Gasteiger partial charge in [-0.2, -0.15) is 0 Å². The molecule has 2 aromatic rings. The summed E-state index contributed by atoms with van der Waals surface area (Å²) in [6, 6.07) is 5.54. The molecule has 1 heterocycles. The molecule has 1 aromatic carbocycles. The maximum atomic E-state index is 12.3. The van der Waals surface area contributed by atoms with E-state index in [0.717, 1.165) is 18.2 Å². The summed E-state index contributed by atoms with van der Waals surface area (Å²) in [5, 5.41) is 13.9. The van der Waals surface area contributed by atoms with Crippen molar-refractivity contribution >= 4 is 33.4 Å². The SMILES string of the molecule is CCCn1c(SC(C)C(=O)Nc2ccc(S(N)(=O)=O)cc2)n[nH]c1=O. The average Bonchev–Trinajstić information content (AvgIpc) is 2.88. The first-order valence-corrected chi connectivity index (χ1v) is 9.90. The molecule has 0 aliphatic rings. The van der Waals surface area contributed by atoms with Gasteiger partial charge in [-0.05, 0) is 37.6 Å². The number of carbonyl (C=O) groups is 1. The van der Waals surface area contributed by atoms with Gasteiger partial charge in [-0.1, -0.05) is 18.7 Å². The fourth-order valence-electron chi connectivity index (χ4n) is 2.00. The normalized spacial score (nSPS) is 12.8. The number of sulfonamides is 1. The van der Waals surface area contributed by atoms with Gasteiger partial charge in [0.2, 0.25) is 15.9 Å². The van der Waals surface area contributed by atoms with Crippen molar-refractivity contribution < 1.29 is 13.2 Å². The van der Waals surface area contributed by atoms with E-state index in [9.17, 15) is 18.0 Å². The van der Waals surface area contributed by atoms with E-state index in [1.807, 2.05) is 6.92 Å². The molecule has 0 radical (unpaired) electrons. The van der Waals surface area contributed by atoms with Gasteiger partial charge >= 0.3 is 5.69 Å². The molecule has 0 saturated heterocycles. The van der Waals surface area contributed by atoms with Gasteiger partial charge in [0.05, 0.1) is 10.1 Å². The molecule has 0 saturated carbocycles. The summed E-state index contributed by atoms with van der Waals surface area (Å²) in [6.45, 7) is 4.14. The monoisotopic (exact) mass is 385 g/mol. The molecule has 4 N–H and O–H groups in total. The summed E-state index contributed by atoms with van der Waals surface area (Å²) >= 11 is 1.16. The number of amides is 1. The molecule has 0 spiro atoms. The van der Waals surface area contributed by atoms with E-state index < -0.39 is 15.3 Å². The van der Waals surface area contributed by atoms with Crippen molar-refractivity contribution in [3.8, 4) is 0 Å². The minimum Gasteiger partial charge on any atom is -0.325 e. The Morgan fingerprint density at radius 1 is 1.40 bits per heavy atom. The zero-order chi connectivity index (χ0) is 18.6. The number of anilines is 1. The molecule has 136 valence electrons. The van der Waals surface area contributed by atoms with Gasteiger partial charge in [0.1, 0.15) is 0 Å². The quantitative estimate of drug-likeness (QED) is 0.601. The molecule has 11 heteroatoms. The largest absolute Gasteiger partial charge is 0.343 e. The molecule has 0 aliphatic heterocycles. The molecule has 2 rings (SSSR count). The highest BCUT2D eigenvalue weighted by atomic mass is 32.2. The molecule has 0 fully saturated rings. The van der Waals surface area contributed by atoms with E-state index in [1.165, 1.54) is 28.8 Å². The number of hydrogen-bond acceptors (Lipinski definition) is 6. The molecule has 1 amide bonds. The zero-order valence-corrected chi connectivity index (χ0v) is 15.4. The van der Waals surface area contributed by atoms with Crippen LogP contribution in [0.25, 0.3) is 0 Å². The smallest absolute Gasteiger partial charge is 0.325 e. The number of benzene rings is 1. The second-order valence-electron chi connectivity index (χ2n) is 5.28. The number of H-pyrrole nitrogens is 1. The van der Waals surface area contributed by atoms with Crippen LogP contribution in [0.5, 0.6) is 0 Å². The van der Waals surface area contributed by atoms with Crippen molar-refractivity contribution in [1.29, 1.82) is 0 Å². The van der Waals surface area contributed by atoms with E-state index in [4.69, 9.17) is 5.14 Å². The van der Waals surface area contributed by atoms with Crippen LogP contribution >= 0.6 is 11.8 Å². The molecular weight excluding hydrogens is 366 g/mol. The number of rotatable bonds is 7. The Kier molecular flexibility index (Phi) is 6.03. The molecule has 0 bridgehead atoms. The second-order valence-corrected chi connectivity index (χ2v) is 8.15. The van der Waals surface area contributed by atoms with Crippen LogP contribution in [0.2, 0.25) is 0 Å². The fraction of sp³-hybridized carbons (Fsp3) is 0.357. The second kappa shape index (κ2) is 7.85. The Labute approximate surface area is 149 Å². The maximum Gasteiger partial charge on any atom is 0.343 e. The van der Waals surface area contributed by atoms with Gasteiger partial charge in [-0.3, -0.25) is 9.36 Å². The molecule has 25 heavy (non-hydrogen) atoms. The molecular formula is C14H19N5O4S2. The van der Waals surface area contributed by atoms with Crippen molar-refractivity contribution in [2.75, 3.05) is 5.32 Å². The number of aromatic amines is 1. The lowest BCUT2D eigenvalue weighted by atomic mass is 10.3. The lowest BCUT2D eigenvalue weighted by Crippen LogP contribution is -2.24. The Bertz CT molecular complexity index is 902. The Morgan fingerprint density at radius 2 is 2.04 bits per heavy atom. The van der Waals surface area contributed by atoms with Crippen molar-refractivity contribution in [3.63, 3.8) is 0 Å². The van der Waals surface area contributed by atoms with E-state index in [1.54, 1.807) is 6.92 Å². The van der Waals surface area contributed by atoms with Gasteiger partial charge in [-0.25, -0.2) is 23.4 Å². The first kappa shape index (κ1) is 19.2. The first-order valence-electron chi connectivity index (χ1n) is 7.48. The van der Waals surface area contributed by atoms with Crippen LogP contribution in [-0.4, -0.2) is 34.3 Å². The first-order chi connectivity index (χ1) is 11.7. The highest BCUT2D eigenvalue weighted by Crippen LogP contribution is 2.22. The van der Waals surface area contributed by atoms with Gasteiger partial charge in [-0.15, -0.1) is 5.10 Å². The Hall–Kier alpha value is -2.11. The lowest BCUT2D eigenvalue weighted by Gasteiger charge is -2.12. The molecule has 1 atom stereocenters. The van der Waals surface area contributed by atoms with Crippen LogP contribution in [0.1, 0.15) is 20.3 Å². The number of aromatic nitrogens is 3. The lowest BCUT2D eigenvalue weighted by molar-refractivity contribution is -0.115. The third-order valence-corrected chi connectivity index (χ3v) is 5.29. The average molecular weight is 385 g/mol. The molecule has 0 aliphatic carbocycles. The van der Waals surface area contributed by atoms with Crippen LogP contribution in [0.15, 0.2) is 39.1 Å². The predicted octanol–water partition coefficient (Wildman–Crippen LogP) is 0.748. The van der Waals surface area contributed by atoms with Crippen LogP contribution in [0, 0.1) is 0 Å². The fourth-order valence-corrected chi connectivity index (χ4v) is 3.39.